The zero-order chi connectivity index (χ0) is 14.0. The van der Waals surface area contributed by atoms with E-state index in [4.69, 9.17) is 5.73 Å². The second kappa shape index (κ2) is 5.61. The number of hydrogen-bond donors (Lipinski definition) is 1. The van der Waals surface area contributed by atoms with Crippen LogP contribution in [0.5, 0.6) is 0 Å². The Morgan fingerprint density at radius 3 is 2.47 bits per heavy atom. The Labute approximate surface area is 121 Å². The molecule has 0 aliphatic heterocycles. The van der Waals surface area contributed by atoms with E-state index in [9.17, 15) is 4.39 Å². The van der Waals surface area contributed by atoms with Gasteiger partial charge >= 0.3 is 0 Å². The molecule has 0 aliphatic carbocycles. The van der Waals surface area contributed by atoms with Gasteiger partial charge in [0.05, 0.1) is 5.69 Å². The van der Waals surface area contributed by atoms with Crippen molar-refractivity contribution in [1.82, 2.24) is 0 Å². The van der Waals surface area contributed by atoms with Crippen LogP contribution in [0.3, 0.4) is 0 Å². The van der Waals surface area contributed by atoms with E-state index in [0.717, 1.165) is 27.0 Å². The van der Waals surface area contributed by atoms with Crippen LogP contribution in [0.25, 0.3) is 0 Å². The lowest BCUT2D eigenvalue weighted by Crippen LogP contribution is -2.17. The summed E-state index contributed by atoms with van der Waals surface area (Å²) in [5, 5.41) is 0. The van der Waals surface area contributed by atoms with E-state index in [-0.39, 0.29) is 5.82 Å². The van der Waals surface area contributed by atoms with E-state index >= 15 is 0 Å². The molecule has 0 spiro atoms. The van der Waals surface area contributed by atoms with Gasteiger partial charge in [0, 0.05) is 23.8 Å². The Kier molecular flexibility index (Phi) is 4.10. The molecule has 0 atom stereocenters. The molecule has 2 nitrogen and oxygen atoms in total. The van der Waals surface area contributed by atoms with Crippen molar-refractivity contribution in [2.75, 3.05) is 17.7 Å². The Balaban J connectivity index is 2.22. The number of anilines is 2. The van der Waals surface area contributed by atoms with E-state index in [1.54, 1.807) is 12.1 Å². The topological polar surface area (TPSA) is 29.3 Å². The third kappa shape index (κ3) is 3.26. The smallest absolute Gasteiger partial charge is 0.123 e. The average Bonchev–Trinajstić information content (AvgIpc) is 2.36. The standard InChI is InChI=1S/C15H16BrFN2/c1-10-7-15(13(16)8-14(10)18)19(2)9-11-3-5-12(17)6-4-11/h3-8H,9,18H2,1-2H3. The van der Waals surface area contributed by atoms with Gasteiger partial charge in [-0.15, -0.1) is 0 Å². The molecule has 0 unspecified atom stereocenters. The molecule has 0 radical (unpaired) electrons. The second-order valence-corrected chi connectivity index (χ2v) is 5.50. The molecular formula is C15H16BrFN2. The number of benzene rings is 2. The van der Waals surface area contributed by atoms with Gasteiger partial charge in [-0.2, -0.15) is 0 Å². The first-order valence-electron chi connectivity index (χ1n) is 5.98. The van der Waals surface area contributed by atoms with Crippen molar-refractivity contribution in [1.29, 1.82) is 0 Å². The van der Waals surface area contributed by atoms with E-state index < -0.39 is 0 Å². The number of aryl methyl sites for hydroxylation is 1. The summed E-state index contributed by atoms with van der Waals surface area (Å²) in [6, 6.07) is 10.5. The lowest BCUT2D eigenvalue weighted by Gasteiger charge is -2.22. The largest absolute Gasteiger partial charge is 0.398 e. The molecule has 2 rings (SSSR count). The zero-order valence-electron chi connectivity index (χ0n) is 11.0. The number of nitrogens with two attached hydrogens (primary N) is 1. The van der Waals surface area contributed by atoms with E-state index in [0.29, 0.717) is 6.54 Å². The van der Waals surface area contributed by atoms with Gasteiger partial charge in [-0.25, -0.2) is 4.39 Å². The van der Waals surface area contributed by atoms with Gasteiger partial charge in [-0.3, -0.25) is 0 Å². The van der Waals surface area contributed by atoms with Crippen LogP contribution in [0.4, 0.5) is 15.8 Å². The first-order chi connectivity index (χ1) is 8.97. The van der Waals surface area contributed by atoms with Crippen molar-refractivity contribution >= 4 is 27.3 Å². The number of nitrogen functional groups attached to an aromatic ring is 1. The Bertz CT molecular complexity index is 581. The van der Waals surface area contributed by atoms with Crippen LogP contribution in [0.2, 0.25) is 0 Å². The Morgan fingerprint density at radius 1 is 1.21 bits per heavy atom. The number of halogens is 2. The van der Waals surface area contributed by atoms with Gasteiger partial charge in [0.1, 0.15) is 5.82 Å². The molecule has 0 bridgehead atoms. The SMILES string of the molecule is Cc1cc(N(C)Cc2ccc(F)cc2)c(Br)cc1N. The van der Waals surface area contributed by atoms with Gasteiger partial charge in [0.2, 0.25) is 0 Å². The molecule has 100 valence electrons. The molecule has 19 heavy (non-hydrogen) atoms. The van der Waals surface area contributed by atoms with Crippen LogP contribution < -0.4 is 10.6 Å². The molecule has 0 heterocycles. The summed E-state index contributed by atoms with van der Waals surface area (Å²) in [5.41, 5.74) is 9.81. The summed E-state index contributed by atoms with van der Waals surface area (Å²) in [7, 11) is 2.00. The highest BCUT2D eigenvalue weighted by molar-refractivity contribution is 9.10. The van der Waals surface area contributed by atoms with E-state index in [1.165, 1.54) is 12.1 Å². The van der Waals surface area contributed by atoms with Gasteiger partial charge in [0.15, 0.2) is 0 Å². The monoisotopic (exact) mass is 322 g/mol. The number of rotatable bonds is 3. The van der Waals surface area contributed by atoms with Crippen LogP contribution >= 0.6 is 15.9 Å². The lowest BCUT2D eigenvalue weighted by molar-refractivity contribution is 0.627. The zero-order valence-corrected chi connectivity index (χ0v) is 12.5. The summed E-state index contributed by atoms with van der Waals surface area (Å²) < 4.78 is 13.8. The van der Waals surface area contributed by atoms with Crippen molar-refractivity contribution in [2.45, 2.75) is 13.5 Å². The summed E-state index contributed by atoms with van der Waals surface area (Å²) in [5.74, 6) is -0.212. The van der Waals surface area contributed by atoms with Gasteiger partial charge in [-0.05, 0) is 58.2 Å². The molecule has 2 aromatic carbocycles. The summed E-state index contributed by atoms with van der Waals surface area (Å²) in [6.07, 6.45) is 0. The molecule has 2 N–H and O–H groups in total. The predicted molar refractivity (Wildman–Crippen MR) is 81.8 cm³/mol. The fourth-order valence-corrected chi connectivity index (χ4v) is 2.59. The highest BCUT2D eigenvalue weighted by atomic mass is 79.9. The average molecular weight is 323 g/mol. The maximum absolute atomic E-state index is 12.9. The minimum atomic E-state index is -0.212. The molecule has 0 fully saturated rings. The summed E-state index contributed by atoms with van der Waals surface area (Å²) >= 11 is 3.53. The van der Waals surface area contributed by atoms with Gasteiger partial charge in [-0.1, -0.05) is 12.1 Å². The Hall–Kier alpha value is -1.55. The van der Waals surface area contributed by atoms with Crippen LogP contribution in [0, 0.1) is 12.7 Å². The quantitative estimate of drug-likeness (QED) is 0.861. The fourth-order valence-electron chi connectivity index (χ4n) is 1.92. The first-order valence-corrected chi connectivity index (χ1v) is 6.78. The number of hydrogen-bond acceptors (Lipinski definition) is 2. The maximum Gasteiger partial charge on any atom is 0.123 e. The minimum Gasteiger partial charge on any atom is -0.398 e. The summed E-state index contributed by atoms with van der Waals surface area (Å²) in [4.78, 5) is 2.10. The van der Waals surface area contributed by atoms with Crippen LogP contribution in [-0.2, 0) is 6.54 Å². The third-order valence-electron chi connectivity index (χ3n) is 3.08. The highest BCUT2D eigenvalue weighted by Crippen LogP contribution is 2.30. The normalized spacial score (nSPS) is 10.5. The van der Waals surface area contributed by atoms with Crippen molar-refractivity contribution < 1.29 is 4.39 Å². The molecule has 0 aromatic heterocycles. The van der Waals surface area contributed by atoms with E-state index in [2.05, 4.69) is 20.8 Å². The third-order valence-corrected chi connectivity index (χ3v) is 3.71. The van der Waals surface area contributed by atoms with Crippen molar-refractivity contribution in [3.63, 3.8) is 0 Å². The molecule has 2 aromatic rings. The molecule has 4 heteroatoms. The highest BCUT2D eigenvalue weighted by Gasteiger charge is 2.09. The summed E-state index contributed by atoms with van der Waals surface area (Å²) in [6.45, 7) is 2.69. The second-order valence-electron chi connectivity index (χ2n) is 4.64. The van der Waals surface area contributed by atoms with E-state index in [1.807, 2.05) is 26.1 Å². The Morgan fingerprint density at radius 2 is 1.84 bits per heavy atom. The van der Waals surface area contributed by atoms with Crippen molar-refractivity contribution in [3.8, 4) is 0 Å². The molecule has 0 amide bonds. The van der Waals surface area contributed by atoms with Crippen LogP contribution in [-0.4, -0.2) is 7.05 Å². The molecule has 0 saturated carbocycles. The van der Waals surface area contributed by atoms with Crippen LogP contribution in [0.15, 0.2) is 40.9 Å². The fraction of sp³-hybridized carbons (Fsp3) is 0.200. The van der Waals surface area contributed by atoms with Gasteiger partial charge < -0.3 is 10.6 Å². The lowest BCUT2D eigenvalue weighted by atomic mass is 10.1. The first kappa shape index (κ1) is 13.9. The molecule has 0 aliphatic rings. The van der Waals surface area contributed by atoms with Crippen molar-refractivity contribution in [3.05, 3.63) is 57.8 Å². The van der Waals surface area contributed by atoms with Crippen LogP contribution in [0.1, 0.15) is 11.1 Å². The molecule has 0 saturated heterocycles. The molecular weight excluding hydrogens is 307 g/mol. The minimum absolute atomic E-state index is 0.212. The van der Waals surface area contributed by atoms with Crippen molar-refractivity contribution in [2.24, 2.45) is 0 Å². The predicted octanol–water partition coefficient (Wildman–Crippen LogP) is 4.12. The number of nitrogens with zero attached hydrogens (tertiary/aromatic N) is 1. The van der Waals surface area contributed by atoms with Gasteiger partial charge in [0.25, 0.3) is 0 Å². The maximum atomic E-state index is 12.9.